The summed E-state index contributed by atoms with van der Waals surface area (Å²) in [7, 11) is -3.67. The van der Waals surface area contributed by atoms with Crippen LogP contribution in [-0.2, 0) is 47.5 Å². The van der Waals surface area contributed by atoms with E-state index in [0.29, 0.717) is 30.5 Å². The highest BCUT2D eigenvalue weighted by Gasteiger charge is 2.39. The maximum atomic E-state index is 13.7. The zero-order valence-corrected chi connectivity index (χ0v) is 24.5. The van der Waals surface area contributed by atoms with Gasteiger partial charge in [0.25, 0.3) is 10.1 Å². The minimum atomic E-state index is -5.03. The second-order valence-corrected chi connectivity index (χ2v) is 12.1. The first-order valence-corrected chi connectivity index (χ1v) is 15.6. The second-order valence-electron chi connectivity index (χ2n) is 10.5. The third-order valence-corrected chi connectivity index (χ3v) is 7.82. The third-order valence-electron chi connectivity index (χ3n) is 7.23. The molecule has 4 atom stereocenters. The molecule has 13 heteroatoms. The molecule has 44 heavy (non-hydrogen) atoms. The van der Waals surface area contributed by atoms with Crippen LogP contribution in [0, 0.1) is 5.92 Å². The molecule has 1 aliphatic heterocycles. The van der Waals surface area contributed by atoms with E-state index >= 15 is 0 Å². The van der Waals surface area contributed by atoms with E-state index in [9.17, 15) is 34.8 Å². The fourth-order valence-electron chi connectivity index (χ4n) is 5.13. The van der Waals surface area contributed by atoms with Crippen molar-refractivity contribution >= 4 is 10.1 Å². The Hall–Kier alpha value is -2.97. The lowest BCUT2D eigenvalue weighted by Crippen LogP contribution is -2.38. The second kappa shape index (κ2) is 14.4. The van der Waals surface area contributed by atoms with Gasteiger partial charge in [-0.1, -0.05) is 60.7 Å². The third kappa shape index (κ3) is 9.77. The molecule has 1 fully saturated rings. The predicted molar refractivity (Wildman–Crippen MR) is 149 cm³/mol. The molecule has 3 aromatic rings. The van der Waals surface area contributed by atoms with Gasteiger partial charge in [-0.3, -0.25) is 4.18 Å². The summed E-state index contributed by atoms with van der Waals surface area (Å²) in [5, 5.41) is 0. The zero-order chi connectivity index (χ0) is 32.0. The Morgan fingerprint density at radius 2 is 1.48 bits per heavy atom. The van der Waals surface area contributed by atoms with E-state index in [1.165, 1.54) is 0 Å². The van der Waals surface area contributed by atoms with Crippen LogP contribution in [0.4, 0.5) is 26.3 Å². The van der Waals surface area contributed by atoms with Gasteiger partial charge in [-0.2, -0.15) is 34.8 Å². The number of alkyl halides is 6. The van der Waals surface area contributed by atoms with Crippen LogP contribution in [0.2, 0.25) is 0 Å². The zero-order valence-electron chi connectivity index (χ0n) is 23.7. The Kier molecular flexibility index (Phi) is 11.1. The van der Waals surface area contributed by atoms with Crippen molar-refractivity contribution in [3.05, 3.63) is 107 Å². The number of hydrogen-bond donors (Lipinski definition) is 0. The van der Waals surface area contributed by atoms with Crippen LogP contribution in [0.25, 0.3) is 0 Å². The van der Waals surface area contributed by atoms with E-state index in [2.05, 4.69) is 0 Å². The van der Waals surface area contributed by atoms with E-state index in [1.54, 1.807) is 42.5 Å². The van der Waals surface area contributed by atoms with Gasteiger partial charge in [0.15, 0.2) is 6.29 Å². The van der Waals surface area contributed by atoms with Crippen molar-refractivity contribution in [1.29, 1.82) is 0 Å². The Labute approximate surface area is 252 Å². The summed E-state index contributed by atoms with van der Waals surface area (Å²) in [5.41, 5.74) is -1.81. The van der Waals surface area contributed by atoms with Gasteiger partial charge in [-0.05, 0) is 53.6 Å². The van der Waals surface area contributed by atoms with Crippen molar-refractivity contribution < 1.29 is 53.2 Å². The van der Waals surface area contributed by atoms with Crippen LogP contribution in [0.15, 0.2) is 78.9 Å². The molecule has 4 rings (SSSR count). The summed E-state index contributed by atoms with van der Waals surface area (Å²) < 4.78 is 128. The molecule has 0 amide bonds. The summed E-state index contributed by atoms with van der Waals surface area (Å²) >= 11 is 0. The van der Waals surface area contributed by atoms with Gasteiger partial charge in [0.05, 0.1) is 43.8 Å². The van der Waals surface area contributed by atoms with Gasteiger partial charge in [0.1, 0.15) is 6.10 Å². The maximum absolute atomic E-state index is 13.7. The lowest BCUT2D eigenvalue weighted by Gasteiger charge is -2.39. The van der Waals surface area contributed by atoms with Crippen LogP contribution >= 0.6 is 0 Å². The topological polar surface area (TPSA) is 71.1 Å². The first-order valence-electron chi connectivity index (χ1n) is 13.8. The summed E-state index contributed by atoms with van der Waals surface area (Å²) in [6.07, 6.45) is -10.5. The van der Waals surface area contributed by atoms with Crippen molar-refractivity contribution in [3.63, 3.8) is 0 Å². The number of rotatable bonds is 12. The van der Waals surface area contributed by atoms with Gasteiger partial charge in [-0.15, -0.1) is 0 Å². The highest BCUT2D eigenvalue weighted by Crippen LogP contribution is 2.41. The van der Waals surface area contributed by atoms with Gasteiger partial charge in [0, 0.05) is 5.92 Å². The minimum absolute atomic E-state index is 0.0669. The molecule has 1 saturated heterocycles. The summed E-state index contributed by atoms with van der Waals surface area (Å²) in [4.78, 5) is 0. The van der Waals surface area contributed by atoms with Gasteiger partial charge in [0.2, 0.25) is 0 Å². The van der Waals surface area contributed by atoms with Crippen molar-refractivity contribution in [1.82, 2.24) is 0 Å². The van der Waals surface area contributed by atoms with Gasteiger partial charge in [-0.25, -0.2) is 0 Å². The molecular formula is C31H32F6O6S. The normalized spacial score (nSPS) is 20.4. The molecule has 0 radical (unpaired) electrons. The van der Waals surface area contributed by atoms with E-state index < -0.39 is 58.5 Å². The lowest BCUT2D eigenvalue weighted by molar-refractivity contribution is -0.204. The number of hydrogen-bond acceptors (Lipinski definition) is 6. The van der Waals surface area contributed by atoms with E-state index in [-0.39, 0.29) is 37.4 Å². The highest BCUT2D eigenvalue weighted by molar-refractivity contribution is 7.85. The Bertz CT molecular complexity index is 1420. The first kappa shape index (κ1) is 33.9. The molecule has 1 unspecified atom stereocenters. The summed E-state index contributed by atoms with van der Waals surface area (Å²) in [5.74, 6) is -0.595. The molecule has 0 N–H and O–H groups in total. The lowest BCUT2D eigenvalue weighted by atomic mass is 9.80. The number of ether oxygens (including phenoxy) is 3. The maximum Gasteiger partial charge on any atom is 0.416 e. The van der Waals surface area contributed by atoms with Crippen LogP contribution in [-0.4, -0.2) is 40.8 Å². The molecule has 0 bridgehead atoms. The Morgan fingerprint density at radius 1 is 0.886 bits per heavy atom. The average Bonchev–Trinajstić information content (AvgIpc) is 2.96. The molecule has 1 heterocycles. The highest BCUT2D eigenvalue weighted by atomic mass is 32.2. The molecule has 0 spiro atoms. The largest absolute Gasteiger partial charge is 0.416 e. The monoisotopic (exact) mass is 646 g/mol. The fourth-order valence-corrected chi connectivity index (χ4v) is 5.53. The molecule has 0 aliphatic carbocycles. The van der Waals surface area contributed by atoms with Gasteiger partial charge < -0.3 is 14.2 Å². The van der Waals surface area contributed by atoms with E-state index in [1.807, 2.05) is 18.2 Å². The number of benzene rings is 3. The molecule has 240 valence electrons. The Balaban J connectivity index is 1.64. The molecule has 3 aromatic carbocycles. The van der Waals surface area contributed by atoms with Crippen LogP contribution in [0.3, 0.4) is 0 Å². The van der Waals surface area contributed by atoms with Crippen molar-refractivity contribution in [2.24, 2.45) is 5.92 Å². The molecule has 6 nitrogen and oxygen atoms in total. The quantitative estimate of drug-likeness (QED) is 0.150. The fraction of sp³-hybridized carbons (Fsp3) is 0.419. The van der Waals surface area contributed by atoms with Crippen LogP contribution < -0.4 is 0 Å². The molecule has 0 saturated carbocycles. The molecule has 1 aliphatic rings. The van der Waals surface area contributed by atoms with E-state index in [4.69, 9.17) is 18.4 Å². The van der Waals surface area contributed by atoms with E-state index in [0.717, 1.165) is 11.8 Å². The summed E-state index contributed by atoms with van der Waals surface area (Å²) in [6.45, 7) is -0.376. The summed E-state index contributed by atoms with van der Waals surface area (Å²) in [6, 6.07) is 19.1. The Morgan fingerprint density at radius 3 is 2.05 bits per heavy atom. The standard InChI is InChI=1S/C31H32F6O6S/c1-44(38,39)43-15-13-23-12-14-40-29(28(23)22-10-6-3-7-11-22)42-20-27(41-19-21-8-4-2-5-9-21)24-16-25(30(32,33)34)18-26(17-24)31(35,36)37/h2-11,16-18,23,27-29H,12-15,19-20H2,1H3/t23-,27?,28-,29-/m1/s1. The van der Waals surface area contributed by atoms with Crippen LogP contribution in [0.5, 0.6) is 0 Å². The number of halogens is 6. The predicted octanol–water partition coefficient (Wildman–Crippen LogP) is 7.51. The average molecular weight is 647 g/mol. The molecule has 0 aromatic heterocycles. The van der Waals surface area contributed by atoms with Crippen molar-refractivity contribution in [3.8, 4) is 0 Å². The first-order chi connectivity index (χ1) is 20.7. The minimum Gasteiger partial charge on any atom is -0.366 e. The van der Waals surface area contributed by atoms with Crippen LogP contribution in [0.1, 0.15) is 52.7 Å². The van der Waals surface area contributed by atoms with Gasteiger partial charge >= 0.3 is 12.4 Å². The van der Waals surface area contributed by atoms with Crippen molar-refractivity contribution in [2.45, 2.75) is 50.1 Å². The smallest absolute Gasteiger partial charge is 0.366 e. The van der Waals surface area contributed by atoms with Crippen molar-refractivity contribution in [2.75, 3.05) is 26.1 Å². The SMILES string of the molecule is CS(=O)(=O)OCC[C@H]1CCO[C@H](OCC(OCc2ccccc2)c2cc(C(F)(F)F)cc(C(F)(F)F)c2)[C@@H]1c1ccccc1. The molecular weight excluding hydrogens is 614 g/mol.